The van der Waals surface area contributed by atoms with Crippen molar-refractivity contribution in [3.8, 4) is 0 Å². The molecule has 2 atom stereocenters. The number of pyridine rings is 1. The van der Waals surface area contributed by atoms with Crippen LogP contribution in [0.1, 0.15) is 0 Å². The monoisotopic (exact) mass is 218 g/mol. The zero-order chi connectivity index (χ0) is 11.1. The highest BCUT2D eigenvalue weighted by molar-refractivity contribution is 5.98. The summed E-state index contributed by atoms with van der Waals surface area (Å²) >= 11 is 0. The number of hydrogen-bond donors (Lipinski definition) is 2. The highest BCUT2D eigenvalue weighted by Crippen LogP contribution is 2.31. The SMILES string of the molecule is Nc1ccc(N2C[C@@H]3CNC[C@@H]3C2=O)cn1. The predicted molar refractivity (Wildman–Crippen MR) is 60.9 cm³/mol. The van der Waals surface area contributed by atoms with Crippen molar-refractivity contribution in [2.45, 2.75) is 0 Å². The fourth-order valence-electron chi connectivity index (χ4n) is 2.53. The van der Waals surface area contributed by atoms with Crippen LogP contribution in [0.5, 0.6) is 0 Å². The molecule has 2 aliphatic heterocycles. The Hall–Kier alpha value is -1.62. The van der Waals surface area contributed by atoms with Gasteiger partial charge in [-0.1, -0.05) is 0 Å². The molecule has 0 spiro atoms. The first-order chi connectivity index (χ1) is 7.75. The van der Waals surface area contributed by atoms with Gasteiger partial charge >= 0.3 is 0 Å². The molecule has 0 aromatic carbocycles. The number of nitrogens with zero attached hydrogens (tertiary/aromatic N) is 2. The van der Waals surface area contributed by atoms with E-state index in [4.69, 9.17) is 5.73 Å². The molecule has 0 radical (unpaired) electrons. The highest BCUT2D eigenvalue weighted by atomic mass is 16.2. The highest BCUT2D eigenvalue weighted by Gasteiger charge is 2.43. The van der Waals surface area contributed by atoms with Crippen LogP contribution in [-0.4, -0.2) is 30.5 Å². The van der Waals surface area contributed by atoms with Crippen molar-refractivity contribution in [2.75, 3.05) is 30.3 Å². The van der Waals surface area contributed by atoms with Crippen molar-refractivity contribution in [1.29, 1.82) is 0 Å². The molecule has 1 aromatic heterocycles. The molecule has 0 unspecified atom stereocenters. The summed E-state index contributed by atoms with van der Waals surface area (Å²) in [4.78, 5) is 17.9. The number of aromatic nitrogens is 1. The number of amides is 1. The standard InChI is InChI=1S/C11H14N4O/c12-10-2-1-8(4-14-10)15-6-7-3-13-5-9(7)11(15)16/h1-2,4,7,9,13H,3,5-6H2,(H2,12,14)/t7-,9-/m0/s1. The Morgan fingerprint density at radius 1 is 1.44 bits per heavy atom. The van der Waals surface area contributed by atoms with E-state index in [2.05, 4.69) is 10.3 Å². The molecular weight excluding hydrogens is 204 g/mol. The second-order valence-electron chi connectivity index (χ2n) is 4.41. The van der Waals surface area contributed by atoms with Gasteiger partial charge in [0.1, 0.15) is 5.82 Å². The first-order valence-electron chi connectivity index (χ1n) is 5.49. The molecule has 0 aliphatic carbocycles. The van der Waals surface area contributed by atoms with Gasteiger partial charge in [-0.15, -0.1) is 0 Å². The fourth-order valence-corrected chi connectivity index (χ4v) is 2.53. The molecule has 3 N–H and O–H groups in total. The molecular formula is C11H14N4O. The van der Waals surface area contributed by atoms with E-state index in [1.54, 1.807) is 12.3 Å². The molecule has 2 saturated heterocycles. The molecule has 3 heterocycles. The van der Waals surface area contributed by atoms with Gasteiger partial charge < -0.3 is 16.0 Å². The summed E-state index contributed by atoms with van der Waals surface area (Å²) in [5.74, 6) is 1.29. The Morgan fingerprint density at radius 2 is 2.31 bits per heavy atom. The average Bonchev–Trinajstić information content (AvgIpc) is 2.84. The molecule has 16 heavy (non-hydrogen) atoms. The van der Waals surface area contributed by atoms with Crippen molar-refractivity contribution < 1.29 is 4.79 Å². The van der Waals surface area contributed by atoms with Crippen molar-refractivity contribution in [3.63, 3.8) is 0 Å². The molecule has 5 heteroatoms. The van der Waals surface area contributed by atoms with E-state index in [0.717, 1.165) is 25.3 Å². The third kappa shape index (κ3) is 1.36. The molecule has 1 aromatic rings. The lowest BCUT2D eigenvalue weighted by Crippen LogP contribution is -2.30. The first kappa shape index (κ1) is 9.59. The van der Waals surface area contributed by atoms with Crippen molar-refractivity contribution in [2.24, 2.45) is 11.8 Å². The van der Waals surface area contributed by atoms with Gasteiger partial charge in [-0.05, 0) is 12.1 Å². The summed E-state index contributed by atoms with van der Waals surface area (Å²) in [7, 11) is 0. The number of rotatable bonds is 1. The van der Waals surface area contributed by atoms with Crippen molar-refractivity contribution in [1.82, 2.24) is 10.3 Å². The van der Waals surface area contributed by atoms with Gasteiger partial charge in [0.25, 0.3) is 0 Å². The average molecular weight is 218 g/mol. The van der Waals surface area contributed by atoms with E-state index in [0.29, 0.717) is 11.7 Å². The largest absolute Gasteiger partial charge is 0.384 e. The summed E-state index contributed by atoms with van der Waals surface area (Å²) in [5.41, 5.74) is 6.38. The first-order valence-corrected chi connectivity index (χ1v) is 5.49. The smallest absolute Gasteiger partial charge is 0.231 e. The number of carbonyl (C=O) groups is 1. The molecule has 5 nitrogen and oxygen atoms in total. The minimum absolute atomic E-state index is 0.151. The van der Waals surface area contributed by atoms with Gasteiger partial charge in [-0.25, -0.2) is 4.98 Å². The minimum atomic E-state index is 0.151. The maximum atomic E-state index is 12.1. The normalized spacial score (nSPS) is 28.5. The maximum Gasteiger partial charge on any atom is 0.231 e. The van der Waals surface area contributed by atoms with Gasteiger partial charge in [-0.3, -0.25) is 4.79 Å². The number of nitrogens with two attached hydrogens (primary N) is 1. The van der Waals surface area contributed by atoms with Crippen LogP contribution in [0.3, 0.4) is 0 Å². The number of anilines is 2. The van der Waals surface area contributed by atoms with Crippen LogP contribution >= 0.6 is 0 Å². The Bertz CT molecular complexity index is 416. The fraction of sp³-hybridized carbons (Fsp3) is 0.455. The summed E-state index contributed by atoms with van der Waals surface area (Å²) < 4.78 is 0. The van der Waals surface area contributed by atoms with Gasteiger partial charge in [0, 0.05) is 25.6 Å². The van der Waals surface area contributed by atoms with Crippen LogP contribution in [0.15, 0.2) is 18.3 Å². The predicted octanol–water partition coefficient (Wildman–Crippen LogP) is -0.154. The van der Waals surface area contributed by atoms with E-state index in [1.807, 2.05) is 11.0 Å². The second-order valence-corrected chi connectivity index (χ2v) is 4.41. The molecule has 0 bridgehead atoms. The lowest BCUT2D eigenvalue weighted by Gasteiger charge is -2.17. The van der Waals surface area contributed by atoms with Gasteiger partial charge in [-0.2, -0.15) is 0 Å². The number of hydrogen-bond acceptors (Lipinski definition) is 4. The number of nitrogen functional groups attached to an aromatic ring is 1. The summed E-state index contributed by atoms with van der Waals surface area (Å²) in [6, 6.07) is 3.59. The van der Waals surface area contributed by atoms with Crippen LogP contribution in [0.25, 0.3) is 0 Å². The van der Waals surface area contributed by atoms with Crippen LogP contribution in [-0.2, 0) is 4.79 Å². The topological polar surface area (TPSA) is 71.2 Å². The van der Waals surface area contributed by atoms with E-state index in [1.165, 1.54) is 0 Å². The van der Waals surface area contributed by atoms with E-state index in [-0.39, 0.29) is 11.8 Å². The molecule has 1 amide bonds. The zero-order valence-corrected chi connectivity index (χ0v) is 8.89. The zero-order valence-electron chi connectivity index (χ0n) is 8.89. The Labute approximate surface area is 93.6 Å². The van der Waals surface area contributed by atoms with Gasteiger partial charge in [0.2, 0.25) is 5.91 Å². The third-order valence-electron chi connectivity index (χ3n) is 3.42. The summed E-state index contributed by atoms with van der Waals surface area (Å²) in [5, 5.41) is 3.25. The number of fused-ring (bicyclic) bond motifs is 1. The van der Waals surface area contributed by atoms with Crippen molar-refractivity contribution >= 4 is 17.4 Å². The lowest BCUT2D eigenvalue weighted by molar-refractivity contribution is -0.120. The van der Waals surface area contributed by atoms with Crippen molar-refractivity contribution in [3.05, 3.63) is 18.3 Å². The molecule has 0 saturated carbocycles. The minimum Gasteiger partial charge on any atom is -0.384 e. The Balaban J connectivity index is 1.86. The Kier molecular flexibility index (Phi) is 2.07. The summed E-state index contributed by atoms with van der Waals surface area (Å²) in [6.07, 6.45) is 1.67. The molecule has 2 fully saturated rings. The summed E-state index contributed by atoms with van der Waals surface area (Å²) in [6.45, 7) is 2.54. The quantitative estimate of drug-likeness (QED) is 0.687. The molecule has 84 valence electrons. The van der Waals surface area contributed by atoms with E-state index in [9.17, 15) is 4.79 Å². The van der Waals surface area contributed by atoms with Crippen LogP contribution in [0, 0.1) is 11.8 Å². The number of carbonyl (C=O) groups excluding carboxylic acids is 1. The van der Waals surface area contributed by atoms with Gasteiger partial charge in [0.05, 0.1) is 17.8 Å². The van der Waals surface area contributed by atoms with Crippen LogP contribution < -0.4 is 16.0 Å². The van der Waals surface area contributed by atoms with E-state index < -0.39 is 0 Å². The molecule has 2 aliphatic rings. The van der Waals surface area contributed by atoms with Crippen LogP contribution in [0.2, 0.25) is 0 Å². The van der Waals surface area contributed by atoms with E-state index >= 15 is 0 Å². The maximum absolute atomic E-state index is 12.1. The number of nitrogens with one attached hydrogen (secondary N) is 1. The Morgan fingerprint density at radius 3 is 3.00 bits per heavy atom. The molecule has 3 rings (SSSR count). The second kappa shape index (κ2) is 3.45. The van der Waals surface area contributed by atoms with Crippen LogP contribution in [0.4, 0.5) is 11.5 Å². The lowest BCUT2D eigenvalue weighted by atomic mass is 10.0. The third-order valence-corrected chi connectivity index (χ3v) is 3.42. The van der Waals surface area contributed by atoms with Gasteiger partial charge in [0.15, 0.2) is 0 Å².